The van der Waals surface area contributed by atoms with Crippen LogP contribution in [0.4, 0.5) is 22.7 Å². The third-order valence-electron chi connectivity index (χ3n) is 10.3. The first-order chi connectivity index (χ1) is 28.3. The monoisotopic (exact) mass is 770 g/mol. The van der Waals surface area contributed by atoms with E-state index in [4.69, 9.17) is 29.9 Å². The van der Waals surface area contributed by atoms with Crippen molar-refractivity contribution < 1.29 is 9.59 Å². The maximum Gasteiger partial charge on any atom is 0.323 e. The fourth-order valence-corrected chi connectivity index (χ4v) is 7.72. The van der Waals surface area contributed by atoms with Crippen LogP contribution in [0.15, 0.2) is 58.1 Å². The summed E-state index contributed by atoms with van der Waals surface area (Å²) in [6.07, 6.45) is 1.17. The molecule has 0 atom stereocenters. The highest BCUT2D eigenvalue weighted by Crippen LogP contribution is 2.42. The summed E-state index contributed by atoms with van der Waals surface area (Å²) in [5.41, 5.74) is 7.56. The SMILES string of the molecule is CNc1cc2c(cc1NC=O)-c1nc-2nc2[nH]c(nc3nc(nc4[nH]c(n1)c1cc(NC=O)c(NC)cc41)-c1cc4[nH]c(=O)[nH]c4cc1-3)c1cc3[nH]c(=O)[nH]c3cc21. The van der Waals surface area contributed by atoms with Crippen LogP contribution in [-0.4, -0.2) is 86.7 Å². The quantitative estimate of drug-likeness (QED) is 0.105. The number of rotatable bonds is 6. The molecule has 0 saturated carbocycles. The maximum atomic E-state index is 12.4. The second-order valence-electron chi connectivity index (χ2n) is 13.6. The summed E-state index contributed by atoms with van der Waals surface area (Å²) in [5.74, 6) is 1.16. The number of fused-ring (bicyclic) bond motifs is 22. The lowest BCUT2D eigenvalue weighted by molar-refractivity contribution is -0.106. The first-order valence-electron chi connectivity index (χ1n) is 17.8. The fraction of sp³-hybridized carbons (Fsp3) is 0.0526. The van der Waals surface area contributed by atoms with Crippen LogP contribution in [0, 0.1) is 0 Å². The number of hydrogen-bond donors (Lipinski definition) is 10. The van der Waals surface area contributed by atoms with E-state index in [0.717, 1.165) is 0 Å². The average molecular weight is 771 g/mol. The molecule has 9 aromatic rings. The highest BCUT2D eigenvalue weighted by atomic mass is 16.1. The van der Waals surface area contributed by atoms with Gasteiger partial charge in [0.15, 0.2) is 23.3 Å². The van der Waals surface area contributed by atoms with Crippen molar-refractivity contribution in [3.8, 4) is 45.6 Å². The Morgan fingerprint density at radius 1 is 0.414 bits per heavy atom. The van der Waals surface area contributed by atoms with Gasteiger partial charge in [-0.3, -0.25) is 9.59 Å². The van der Waals surface area contributed by atoms with Gasteiger partial charge in [0.2, 0.25) is 12.8 Å². The number of nitrogens with one attached hydrogen (secondary N) is 10. The Bertz CT molecular complexity index is 3610. The highest BCUT2D eigenvalue weighted by molar-refractivity contribution is 6.11. The molecule has 8 bridgehead atoms. The highest BCUT2D eigenvalue weighted by Gasteiger charge is 2.25. The molecule has 282 valence electrons. The molecule has 0 spiro atoms. The van der Waals surface area contributed by atoms with Crippen molar-refractivity contribution in [2.45, 2.75) is 0 Å². The van der Waals surface area contributed by atoms with Crippen LogP contribution in [-0.2, 0) is 9.59 Å². The Hall–Kier alpha value is -8.68. The van der Waals surface area contributed by atoms with E-state index >= 15 is 0 Å². The first kappa shape index (κ1) is 32.7. The van der Waals surface area contributed by atoms with Crippen LogP contribution in [0.3, 0.4) is 0 Å². The first-order valence-corrected chi connectivity index (χ1v) is 17.8. The number of nitrogens with zero attached hydrogens (tertiary/aromatic N) is 6. The number of amides is 2. The van der Waals surface area contributed by atoms with E-state index in [9.17, 15) is 19.2 Å². The van der Waals surface area contributed by atoms with Gasteiger partial charge in [0.25, 0.3) is 0 Å². The van der Waals surface area contributed by atoms with E-state index in [-0.39, 0.29) is 17.2 Å². The molecule has 11 rings (SSSR count). The number of carbonyl (C=O) groups excluding carboxylic acids is 2. The van der Waals surface area contributed by atoms with Gasteiger partial charge in [-0.25, -0.2) is 39.5 Å². The summed E-state index contributed by atoms with van der Waals surface area (Å²) >= 11 is 0. The van der Waals surface area contributed by atoms with Gasteiger partial charge in [0, 0.05) is 57.9 Å². The molecule has 7 heterocycles. The topological polar surface area (TPSA) is 288 Å². The molecule has 5 aromatic heterocycles. The summed E-state index contributed by atoms with van der Waals surface area (Å²) in [6.45, 7) is 0. The van der Waals surface area contributed by atoms with Gasteiger partial charge in [0.1, 0.15) is 22.6 Å². The predicted octanol–water partition coefficient (Wildman–Crippen LogP) is 4.43. The molecule has 0 fully saturated rings. The summed E-state index contributed by atoms with van der Waals surface area (Å²) in [5, 5.41) is 14.2. The minimum atomic E-state index is -0.374. The molecule has 2 aliphatic heterocycles. The molecule has 20 heteroatoms. The Morgan fingerprint density at radius 3 is 1.16 bits per heavy atom. The molecular weight excluding hydrogens is 745 g/mol. The lowest BCUT2D eigenvalue weighted by atomic mass is 10.1. The van der Waals surface area contributed by atoms with Gasteiger partial charge >= 0.3 is 11.4 Å². The van der Waals surface area contributed by atoms with Crippen LogP contribution in [0.1, 0.15) is 0 Å². The van der Waals surface area contributed by atoms with E-state index in [1.807, 2.05) is 12.1 Å². The minimum absolute atomic E-state index is 0.269. The van der Waals surface area contributed by atoms with E-state index < -0.39 is 0 Å². The van der Waals surface area contributed by atoms with Crippen molar-refractivity contribution in [1.29, 1.82) is 0 Å². The van der Waals surface area contributed by atoms with Gasteiger partial charge in [-0.15, -0.1) is 0 Å². The molecule has 0 unspecified atom stereocenters. The molecular formula is C38H26N16O4. The Labute approximate surface area is 321 Å². The van der Waals surface area contributed by atoms with Gasteiger partial charge < -0.3 is 51.2 Å². The largest absolute Gasteiger partial charge is 0.386 e. The second-order valence-corrected chi connectivity index (χ2v) is 13.6. The number of hydrogen-bond acceptors (Lipinski definition) is 12. The third-order valence-corrected chi connectivity index (χ3v) is 10.3. The molecule has 4 aromatic carbocycles. The van der Waals surface area contributed by atoms with Crippen molar-refractivity contribution in [3.05, 3.63) is 69.5 Å². The van der Waals surface area contributed by atoms with E-state index in [2.05, 4.69) is 51.2 Å². The Morgan fingerprint density at radius 2 is 0.741 bits per heavy atom. The summed E-state index contributed by atoms with van der Waals surface area (Å²) < 4.78 is 0. The maximum absolute atomic E-state index is 12.4. The lowest BCUT2D eigenvalue weighted by Crippen LogP contribution is -2.00. The Balaban J connectivity index is 1.34. The van der Waals surface area contributed by atoms with E-state index in [0.29, 0.717) is 141 Å². The number of benzene rings is 4. The molecule has 58 heavy (non-hydrogen) atoms. The van der Waals surface area contributed by atoms with Crippen molar-refractivity contribution >= 4 is 102 Å². The van der Waals surface area contributed by atoms with E-state index in [1.165, 1.54) is 0 Å². The zero-order chi connectivity index (χ0) is 39.4. The number of carbonyl (C=O) groups is 2. The van der Waals surface area contributed by atoms with Crippen molar-refractivity contribution in [3.63, 3.8) is 0 Å². The molecule has 0 radical (unpaired) electrons. The molecule has 2 amide bonds. The number of H-pyrrole nitrogens is 6. The number of anilines is 4. The minimum Gasteiger partial charge on any atom is -0.386 e. The standard InChI is InChI=1S/C38H26N16O4/c1-39-21-3-13-15(5-23(21)41-11-55)31-47-29(13)49-33-17-7-25-27(45-37(57)43-25)9-19(17)35(52-33)54-36-20-10-28-26(44-38(58)46-28)8-18(20)34(53-36)50-30-14-4-22(40-2)24(42-12-56)6-16(14)32(48-30)51-31/h3-12,39-40H,1-2H3,(H,41,55)(H,42,56)(H2,43,45,57)(H2,44,46,58)(H2,47,48,49,50,51,52,53,54). The Kier molecular flexibility index (Phi) is 6.72. The average Bonchev–Trinajstić information content (AvgIpc) is 4.05. The smallest absolute Gasteiger partial charge is 0.323 e. The van der Waals surface area contributed by atoms with Crippen LogP contribution in [0.25, 0.3) is 112 Å². The van der Waals surface area contributed by atoms with Crippen LogP contribution in [0.2, 0.25) is 0 Å². The van der Waals surface area contributed by atoms with Gasteiger partial charge in [-0.05, 0) is 48.5 Å². The number of aromatic amines is 6. The zero-order valence-corrected chi connectivity index (χ0v) is 30.1. The third kappa shape index (κ3) is 4.81. The van der Waals surface area contributed by atoms with Crippen LogP contribution < -0.4 is 32.6 Å². The summed E-state index contributed by atoms with van der Waals surface area (Å²) in [7, 11) is 3.47. The van der Waals surface area contributed by atoms with Crippen LogP contribution in [0.5, 0.6) is 0 Å². The van der Waals surface area contributed by atoms with Gasteiger partial charge in [0.05, 0.1) is 44.8 Å². The lowest BCUT2D eigenvalue weighted by Gasteiger charge is -2.10. The van der Waals surface area contributed by atoms with Gasteiger partial charge in [-0.1, -0.05) is 0 Å². The molecule has 10 N–H and O–H groups in total. The molecule has 0 aliphatic carbocycles. The van der Waals surface area contributed by atoms with Crippen molar-refractivity contribution in [1.82, 2.24) is 59.8 Å². The normalized spacial score (nSPS) is 11.9. The molecule has 2 aliphatic rings. The van der Waals surface area contributed by atoms with Crippen LogP contribution >= 0.6 is 0 Å². The predicted molar refractivity (Wildman–Crippen MR) is 219 cm³/mol. The second kappa shape index (κ2) is 11.9. The molecule has 0 saturated heterocycles. The molecule has 20 nitrogen and oxygen atoms in total. The van der Waals surface area contributed by atoms with Crippen molar-refractivity contribution in [2.24, 2.45) is 0 Å². The number of aromatic nitrogens is 12. The van der Waals surface area contributed by atoms with Gasteiger partial charge in [-0.2, -0.15) is 0 Å². The summed E-state index contributed by atoms with van der Waals surface area (Å²) in [6, 6.07) is 14.4. The van der Waals surface area contributed by atoms with E-state index in [1.54, 1.807) is 50.5 Å². The fourth-order valence-electron chi connectivity index (χ4n) is 7.72. The summed E-state index contributed by atoms with van der Waals surface area (Å²) in [4.78, 5) is 96.3. The van der Waals surface area contributed by atoms with Crippen molar-refractivity contribution in [2.75, 3.05) is 35.4 Å². The number of imidazole rings is 2. The zero-order valence-electron chi connectivity index (χ0n) is 30.1.